The molecule has 0 rings (SSSR count). The lowest BCUT2D eigenvalue weighted by atomic mass is 9.89. The van der Waals surface area contributed by atoms with E-state index < -0.39 is 44.4 Å². The molecule has 0 aromatic carbocycles. The topological polar surface area (TPSA) is 107 Å². The van der Waals surface area contributed by atoms with Crippen LogP contribution in [0.5, 0.6) is 0 Å². The Morgan fingerprint density at radius 2 is 1.68 bits per heavy atom. The highest BCUT2D eigenvalue weighted by atomic mass is 32.2. The Balaban J connectivity index is 4.81. The molecular formula is C11H19NO6S. The molecule has 19 heavy (non-hydrogen) atoms. The van der Waals surface area contributed by atoms with Gasteiger partial charge in [-0.2, -0.15) is 0 Å². The van der Waals surface area contributed by atoms with Gasteiger partial charge in [-0.25, -0.2) is 8.42 Å². The minimum atomic E-state index is -3.90. The number of nitrogens with one attached hydrogen (secondary N) is 1. The number of amides is 1. The quantitative estimate of drug-likeness (QED) is 0.491. The molecule has 110 valence electrons. The van der Waals surface area contributed by atoms with Crippen LogP contribution in [0.15, 0.2) is 0 Å². The maximum Gasteiger partial charge on any atom is 0.318 e. The second-order valence-electron chi connectivity index (χ2n) is 4.53. The summed E-state index contributed by atoms with van der Waals surface area (Å²) < 4.78 is 27.7. The first-order valence-corrected chi connectivity index (χ1v) is 7.47. The van der Waals surface area contributed by atoms with Crippen molar-refractivity contribution in [3.63, 3.8) is 0 Å². The second-order valence-corrected chi connectivity index (χ2v) is 6.59. The molecule has 0 fully saturated rings. The summed E-state index contributed by atoms with van der Waals surface area (Å²) in [5, 5.41) is 2.33. The Bertz CT molecular complexity index is 466. The van der Waals surface area contributed by atoms with E-state index in [4.69, 9.17) is 0 Å². The van der Waals surface area contributed by atoms with Gasteiger partial charge in [0.25, 0.3) is 0 Å². The van der Waals surface area contributed by atoms with E-state index in [-0.39, 0.29) is 0 Å². The van der Waals surface area contributed by atoms with Crippen LogP contribution in [-0.4, -0.2) is 51.2 Å². The Kier molecular flexibility index (Phi) is 6.14. The maximum absolute atomic E-state index is 11.8. The average Bonchev–Trinajstić information content (AvgIpc) is 2.26. The van der Waals surface area contributed by atoms with Crippen LogP contribution in [0.2, 0.25) is 0 Å². The van der Waals surface area contributed by atoms with Gasteiger partial charge in [0.2, 0.25) is 5.91 Å². The van der Waals surface area contributed by atoms with Gasteiger partial charge in [0.05, 0.1) is 7.11 Å². The third-order valence-electron chi connectivity index (χ3n) is 2.47. The highest BCUT2D eigenvalue weighted by Gasteiger charge is 2.39. The minimum Gasteiger partial charge on any atom is -0.468 e. The van der Waals surface area contributed by atoms with Gasteiger partial charge in [-0.3, -0.25) is 14.4 Å². The first-order valence-electron chi connectivity index (χ1n) is 5.65. The molecule has 0 bridgehead atoms. The summed E-state index contributed by atoms with van der Waals surface area (Å²) in [5.74, 6) is -3.93. The SMILES string of the molecule is CCNC(=O)CS(=O)(=O)CC(=O)C(C)(C)C(=O)OC. The van der Waals surface area contributed by atoms with Crippen molar-refractivity contribution < 1.29 is 27.5 Å². The first kappa shape index (κ1) is 17.6. The number of carbonyl (C=O) groups is 3. The Morgan fingerprint density at radius 3 is 2.11 bits per heavy atom. The van der Waals surface area contributed by atoms with Crippen LogP contribution < -0.4 is 5.32 Å². The third-order valence-corrected chi connectivity index (χ3v) is 3.87. The van der Waals surface area contributed by atoms with Gasteiger partial charge in [0.1, 0.15) is 16.9 Å². The molecule has 0 aliphatic heterocycles. The molecule has 1 N–H and O–H groups in total. The van der Waals surface area contributed by atoms with Gasteiger partial charge in [-0.15, -0.1) is 0 Å². The molecule has 0 aliphatic rings. The molecule has 8 heteroatoms. The molecule has 0 unspecified atom stereocenters. The number of Topliss-reactive ketones (excluding diaryl/α,β-unsaturated/α-hetero) is 1. The van der Waals surface area contributed by atoms with Gasteiger partial charge >= 0.3 is 5.97 Å². The molecule has 0 saturated heterocycles. The van der Waals surface area contributed by atoms with Crippen LogP contribution in [-0.2, 0) is 29.0 Å². The largest absolute Gasteiger partial charge is 0.468 e. The number of ether oxygens (including phenoxy) is 1. The molecule has 0 aliphatic carbocycles. The lowest BCUT2D eigenvalue weighted by Gasteiger charge is -2.19. The number of hydrogen-bond donors (Lipinski definition) is 1. The fourth-order valence-corrected chi connectivity index (χ4v) is 2.61. The third kappa shape index (κ3) is 5.37. The fraction of sp³-hybridized carbons (Fsp3) is 0.727. The Labute approximate surface area is 112 Å². The van der Waals surface area contributed by atoms with Crippen LogP contribution in [0.4, 0.5) is 0 Å². The summed E-state index contributed by atoms with van der Waals surface area (Å²) in [6.07, 6.45) is 0. The molecular weight excluding hydrogens is 274 g/mol. The monoisotopic (exact) mass is 293 g/mol. The molecule has 0 atom stereocenters. The van der Waals surface area contributed by atoms with Crippen LogP contribution in [0.3, 0.4) is 0 Å². The molecule has 7 nitrogen and oxygen atoms in total. The number of ketones is 1. The van der Waals surface area contributed by atoms with Gasteiger partial charge in [0.15, 0.2) is 15.6 Å². The van der Waals surface area contributed by atoms with Crippen LogP contribution in [0, 0.1) is 5.41 Å². The van der Waals surface area contributed by atoms with E-state index in [2.05, 4.69) is 10.1 Å². The highest BCUT2D eigenvalue weighted by molar-refractivity contribution is 7.92. The van der Waals surface area contributed by atoms with Crippen LogP contribution >= 0.6 is 0 Å². The summed E-state index contributed by atoms with van der Waals surface area (Å²) in [6.45, 7) is 4.51. The van der Waals surface area contributed by atoms with Crippen molar-refractivity contribution in [1.29, 1.82) is 0 Å². The van der Waals surface area contributed by atoms with Gasteiger partial charge in [-0.1, -0.05) is 0 Å². The molecule has 0 radical (unpaired) electrons. The molecule has 0 saturated carbocycles. The van der Waals surface area contributed by atoms with E-state index >= 15 is 0 Å². The standard InChI is InChI=1S/C11H19NO6S/c1-5-12-9(14)7-19(16,17)6-8(13)11(2,3)10(15)18-4/h5-7H2,1-4H3,(H,12,14). The predicted octanol–water partition coefficient (Wildman–Crippen LogP) is -0.694. The number of rotatable bonds is 7. The van der Waals surface area contributed by atoms with E-state index in [1.165, 1.54) is 13.8 Å². The zero-order chi connectivity index (χ0) is 15.3. The molecule has 0 aromatic heterocycles. The van der Waals surface area contributed by atoms with Gasteiger partial charge in [-0.05, 0) is 20.8 Å². The van der Waals surface area contributed by atoms with E-state index in [1.54, 1.807) is 6.92 Å². The van der Waals surface area contributed by atoms with Crippen molar-refractivity contribution in [1.82, 2.24) is 5.32 Å². The summed E-state index contributed by atoms with van der Waals surface area (Å²) >= 11 is 0. The Morgan fingerprint density at radius 1 is 1.16 bits per heavy atom. The first-order chi connectivity index (χ1) is 8.56. The zero-order valence-electron chi connectivity index (χ0n) is 11.5. The van der Waals surface area contributed by atoms with E-state index in [1.807, 2.05) is 0 Å². The van der Waals surface area contributed by atoms with Crippen LogP contribution in [0.25, 0.3) is 0 Å². The van der Waals surface area contributed by atoms with Crippen molar-refractivity contribution in [2.75, 3.05) is 25.2 Å². The smallest absolute Gasteiger partial charge is 0.318 e. The number of esters is 1. The number of methoxy groups -OCH3 is 1. The van der Waals surface area contributed by atoms with Crippen molar-refractivity contribution >= 4 is 27.5 Å². The summed E-state index contributed by atoms with van der Waals surface area (Å²) in [4.78, 5) is 34.4. The van der Waals surface area contributed by atoms with Crippen molar-refractivity contribution in [3.8, 4) is 0 Å². The number of hydrogen-bond acceptors (Lipinski definition) is 6. The highest BCUT2D eigenvalue weighted by Crippen LogP contribution is 2.19. The minimum absolute atomic E-state index is 0.302. The van der Waals surface area contributed by atoms with Crippen LogP contribution in [0.1, 0.15) is 20.8 Å². The average molecular weight is 293 g/mol. The maximum atomic E-state index is 11.8. The van der Waals surface area contributed by atoms with Crippen molar-refractivity contribution in [2.45, 2.75) is 20.8 Å². The lowest BCUT2D eigenvalue weighted by molar-refractivity contribution is -0.154. The normalized spacial score (nSPS) is 11.8. The number of sulfone groups is 1. The van der Waals surface area contributed by atoms with Gasteiger partial charge < -0.3 is 10.1 Å². The summed E-state index contributed by atoms with van der Waals surface area (Å²) in [7, 11) is -2.78. The molecule has 0 spiro atoms. The molecule has 0 aromatic rings. The molecule has 1 amide bonds. The van der Waals surface area contributed by atoms with E-state index in [9.17, 15) is 22.8 Å². The second kappa shape index (κ2) is 6.65. The van der Waals surface area contributed by atoms with E-state index in [0.29, 0.717) is 6.54 Å². The molecule has 0 heterocycles. The zero-order valence-corrected chi connectivity index (χ0v) is 12.3. The number of carbonyl (C=O) groups excluding carboxylic acids is 3. The summed E-state index contributed by atoms with van der Waals surface area (Å²) in [6, 6.07) is 0. The van der Waals surface area contributed by atoms with Gasteiger partial charge in [0, 0.05) is 6.54 Å². The lowest BCUT2D eigenvalue weighted by Crippen LogP contribution is -2.40. The predicted molar refractivity (Wildman–Crippen MR) is 68.1 cm³/mol. The van der Waals surface area contributed by atoms with Crippen molar-refractivity contribution in [3.05, 3.63) is 0 Å². The van der Waals surface area contributed by atoms with E-state index in [0.717, 1.165) is 7.11 Å². The Hall–Kier alpha value is -1.44. The van der Waals surface area contributed by atoms with Crippen molar-refractivity contribution in [2.24, 2.45) is 5.41 Å². The summed E-state index contributed by atoms with van der Waals surface area (Å²) in [5.41, 5.74) is -1.55. The fourth-order valence-electron chi connectivity index (χ4n) is 1.25.